The SMILES string of the molecule is CCOc1ccc(CC(C(=O)O)C(C)C)cc1C. The normalized spacial score (nSPS) is 12.5. The molecule has 0 bridgehead atoms. The second-order valence-corrected chi connectivity index (χ2v) is 4.93. The number of ether oxygens (including phenoxy) is 1. The molecule has 0 aliphatic heterocycles. The fourth-order valence-electron chi connectivity index (χ4n) is 2.02. The zero-order valence-electron chi connectivity index (χ0n) is 11.6. The van der Waals surface area contributed by atoms with Gasteiger partial charge in [-0.1, -0.05) is 26.0 Å². The van der Waals surface area contributed by atoms with Crippen molar-refractivity contribution < 1.29 is 14.6 Å². The first kappa shape index (κ1) is 14.6. The number of benzene rings is 1. The summed E-state index contributed by atoms with van der Waals surface area (Å²) in [6.07, 6.45) is 0.570. The van der Waals surface area contributed by atoms with Gasteiger partial charge in [0.2, 0.25) is 0 Å². The highest BCUT2D eigenvalue weighted by Crippen LogP contribution is 2.23. The third-order valence-electron chi connectivity index (χ3n) is 3.12. The van der Waals surface area contributed by atoms with Crippen molar-refractivity contribution in [2.75, 3.05) is 6.61 Å². The first-order valence-corrected chi connectivity index (χ1v) is 6.40. The van der Waals surface area contributed by atoms with Crippen molar-refractivity contribution in [3.05, 3.63) is 29.3 Å². The van der Waals surface area contributed by atoms with Crippen molar-refractivity contribution >= 4 is 5.97 Å². The molecular formula is C15H22O3. The molecule has 1 aromatic rings. The van der Waals surface area contributed by atoms with E-state index < -0.39 is 5.97 Å². The van der Waals surface area contributed by atoms with Gasteiger partial charge in [-0.2, -0.15) is 0 Å². The van der Waals surface area contributed by atoms with Gasteiger partial charge in [0, 0.05) is 0 Å². The molecule has 0 aliphatic carbocycles. The van der Waals surface area contributed by atoms with E-state index >= 15 is 0 Å². The quantitative estimate of drug-likeness (QED) is 0.842. The summed E-state index contributed by atoms with van der Waals surface area (Å²) < 4.78 is 5.48. The van der Waals surface area contributed by atoms with Crippen LogP contribution in [0, 0.1) is 18.8 Å². The molecule has 0 radical (unpaired) electrons. The highest BCUT2D eigenvalue weighted by atomic mass is 16.5. The minimum atomic E-state index is -0.725. The molecule has 0 aliphatic rings. The van der Waals surface area contributed by atoms with E-state index in [0.717, 1.165) is 16.9 Å². The Morgan fingerprint density at radius 1 is 1.39 bits per heavy atom. The Morgan fingerprint density at radius 3 is 2.50 bits per heavy atom. The highest BCUT2D eigenvalue weighted by molar-refractivity contribution is 5.70. The number of aliphatic carboxylic acids is 1. The average molecular weight is 250 g/mol. The lowest BCUT2D eigenvalue weighted by molar-refractivity contribution is -0.143. The van der Waals surface area contributed by atoms with Gasteiger partial charge < -0.3 is 9.84 Å². The lowest BCUT2D eigenvalue weighted by Gasteiger charge is -2.17. The van der Waals surface area contributed by atoms with Gasteiger partial charge in [-0.05, 0) is 43.4 Å². The maximum absolute atomic E-state index is 11.2. The van der Waals surface area contributed by atoms with E-state index in [9.17, 15) is 9.90 Å². The Bertz CT molecular complexity index is 410. The number of aryl methyl sites for hydroxylation is 1. The molecular weight excluding hydrogens is 228 g/mol. The fourth-order valence-corrected chi connectivity index (χ4v) is 2.02. The molecule has 1 aromatic carbocycles. The van der Waals surface area contributed by atoms with Crippen LogP contribution in [0.2, 0.25) is 0 Å². The van der Waals surface area contributed by atoms with Crippen molar-refractivity contribution in [3.8, 4) is 5.75 Å². The molecule has 0 saturated heterocycles. The fraction of sp³-hybridized carbons (Fsp3) is 0.533. The van der Waals surface area contributed by atoms with Crippen molar-refractivity contribution in [3.63, 3.8) is 0 Å². The molecule has 18 heavy (non-hydrogen) atoms. The van der Waals surface area contributed by atoms with Gasteiger partial charge >= 0.3 is 5.97 Å². The lowest BCUT2D eigenvalue weighted by Crippen LogP contribution is -2.22. The zero-order valence-corrected chi connectivity index (χ0v) is 11.6. The minimum Gasteiger partial charge on any atom is -0.494 e. The van der Waals surface area contributed by atoms with Gasteiger partial charge in [0.1, 0.15) is 5.75 Å². The van der Waals surface area contributed by atoms with Gasteiger partial charge in [-0.15, -0.1) is 0 Å². The number of carbonyl (C=O) groups is 1. The summed E-state index contributed by atoms with van der Waals surface area (Å²) in [5, 5.41) is 9.19. The smallest absolute Gasteiger partial charge is 0.307 e. The lowest BCUT2D eigenvalue weighted by atomic mass is 9.89. The average Bonchev–Trinajstić information content (AvgIpc) is 2.28. The Balaban J connectivity index is 2.84. The van der Waals surface area contributed by atoms with Crippen LogP contribution in [-0.2, 0) is 11.2 Å². The molecule has 0 heterocycles. The van der Waals surface area contributed by atoms with Gasteiger partial charge in [0.05, 0.1) is 12.5 Å². The summed E-state index contributed by atoms with van der Waals surface area (Å²) in [6, 6.07) is 5.90. The summed E-state index contributed by atoms with van der Waals surface area (Å²) in [7, 11) is 0. The molecule has 0 spiro atoms. The van der Waals surface area contributed by atoms with Gasteiger partial charge in [0.15, 0.2) is 0 Å². The van der Waals surface area contributed by atoms with Crippen LogP contribution < -0.4 is 4.74 Å². The van der Waals surface area contributed by atoms with E-state index in [4.69, 9.17) is 4.74 Å². The molecule has 0 amide bonds. The van der Waals surface area contributed by atoms with Crippen LogP contribution in [0.3, 0.4) is 0 Å². The van der Waals surface area contributed by atoms with E-state index in [1.165, 1.54) is 0 Å². The van der Waals surface area contributed by atoms with E-state index in [-0.39, 0.29) is 11.8 Å². The molecule has 1 N–H and O–H groups in total. The first-order chi connectivity index (χ1) is 8.45. The highest BCUT2D eigenvalue weighted by Gasteiger charge is 2.21. The van der Waals surface area contributed by atoms with Gasteiger partial charge in [-0.3, -0.25) is 4.79 Å². The van der Waals surface area contributed by atoms with E-state index in [0.29, 0.717) is 13.0 Å². The van der Waals surface area contributed by atoms with Crippen LogP contribution in [0.15, 0.2) is 18.2 Å². The minimum absolute atomic E-state index is 0.134. The topological polar surface area (TPSA) is 46.5 Å². The van der Waals surface area contributed by atoms with Crippen LogP contribution in [0.4, 0.5) is 0 Å². The van der Waals surface area contributed by atoms with Crippen LogP contribution in [-0.4, -0.2) is 17.7 Å². The van der Waals surface area contributed by atoms with E-state index in [1.807, 2.05) is 45.9 Å². The molecule has 1 atom stereocenters. The molecule has 0 aromatic heterocycles. The molecule has 1 rings (SSSR count). The molecule has 1 unspecified atom stereocenters. The summed E-state index contributed by atoms with van der Waals surface area (Å²) >= 11 is 0. The molecule has 3 nitrogen and oxygen atoms in total. The molecule has 0 saturated carbocycles. The van der Waals surface area contributed by atoms with Crippen LogP contribution in [0.1, 0.15) is 31.9 Å². The summed E-state index contributed by atoms with van der Waals surface area (Å²) in [5.41, 5.74) is 2.11. The third kappa shape index (κ3) is 3.76. The molecule has 0 fully saturated rings. The van der Waals surface area contributed by atoms with Crippen molar-refractivity contribution in [2.24, 2.45) is 11.8 Å². The summed E-state index contributed by atoms with van der Waals surface area (Å²) in [4.78, 5) is 11.2. The summed E-state index contributed by atoms with van der Waals surface area (Å²) in [5.74, 6) is -0.0501. The van der Waals surface area contributed by atoms with Gasteiger partial charge in [0.25, 0.3) is 0 Å². The number of hydrogen-bond acceptors (Lipinski definition) is 2. The maximum Gasteiger partial charge on any atom is 0.307 e. The van der Waals surface area contributed by atoms with E-state index in [1.54, 1.807) is 0 Å². The van der Waals surface area contributed by atoms with Crippen molar-refractivity contribution in [1.82, 2.24) is 0 Å². The van der Waals surface area contributed by atoms with E-state index in [2.05, 4.69) is 0 Å². The predicted octanol–water partition coefficient (Wildman–Crippen LogP) is 3.29. The number of rotatable bonds is 6. The number of hydrogen-bond donors (Lipinski definition) is 1. The maximum atomic E-state index is 11.2. The Morgan fingerprint density at radius 2 is 2.06 bits per heavy atom. The van der Waals surface area contributed by atoms with Crippen LogP contribution in [0.5, 0.6) is 5.75 Å². The molecule has 3 heteroatoms. The standard InChI is InChI=1S/C15H22O3/c1-5-18-14-7-6-12(8-11(14)4)9-13(10(2)3)15(16)17/h6-8,10,13H,5,9H2,1-4H3,(H,16,17). The Labute approximate surface area is 109 Å². The van der Waals surface area contributed by atoms with Gasteiger partial charge in [-0.25, -0.2) is 0 Å². The van der Waals surface area contributed by atoms with Crippen LogP contribution in [0.25, 0.3) is 0 Å². The Kier molecular flexibility index (Phi) is 5.20. The second kappa shape index (κ2) is 6.43. The van der Waals surface area contributed by atoms with Crippen molar-refractivity contribution in [1.29, 1.82) is 0 Å². The summed E-state index contributed by atoms with van der Waals surface area (Å²) in [6.45, 7) is 8.47. The Hall–Kier alpha value is -1.51. The van der Waals surface area contributed by atoms with Crippen molar-refractivity contribution in [2.45, 2.75) is 34.1 Å². The number of carboxylic acids is 1. The molecule has 100 valence electrons. The first-order valence-electron chi connectivity index (χ1n) is 6.40. The monoisotopic (exact) mass is 250 g/mol. The largest absolute Gasteiger partial charge is 0.494 e. The predicted molar refractivity (Wildman–Crippen MR) is 72.0 cm³/mol. The van der Waals surface area contributed by atoms with Crippen LogP contribution >= 0.6 is 0 Å². The number of carboxylic acid groups (broad SMARTS) is 1. The second-order valence-electron chi connectivity index (χ2n) is 4.93. The zero-order chi connectivity index (χ0) is 13.7. The third-order valence-corrected chi connectivity index (χ3v) is 3.12.